The molecule has 0 bridgehead atoms. The third-order valence-corrected chi connectivity index (χ3v) is 6.72. The average Bonchev–Trinajstić information content (AvgIpc) is 2.96. The minimum absolute atomic E-state index is 0.134. The molecule has 0 aliphatic carbocycles. The van der Waals surface area contributed by atoms with Crippen molar-refractivity contribution in [2.45, 2.75) is 37.1 Å². The molecule has 25 heavy (non-hydrogen) atoms. The van der Waals surface area contributed by atoms with Crippen molar-refractivity contribution >= 4 is 10.0 Å². The summed E-state index contributed by atoms with van der Waals surface area (Å²) in [5, 5.41) is -0.521. The van der Waals surface area contributed by atoms with E-state index in [1.54, 1.807) is 6.20 Å². The van der Waals surface area contributed by atoms with Gasteiger partial charge in [0.05, 0.1) is 0 Å². The molecule has 0 saturated carbocycles. The van der Waals surface area contributed by atoms with Gasteiger partial charge in [0.1, 0.15) is 5.25 Å². The highest BCUT2D eigenvalue weighted by Gasteiger charge is 2.40. The fourth-order valence-corrected chi connectivity index (χ4v) is 5.16. The van der Waals surface area contributed by atoms with Crippen molar-refractivity contribution in [2.75, 3.05) is 6.54 Å². The van der Waals surface area contributed by atoms with E-state index >= 15 is 0 Å². The van der Waals surface area contributed by atoms with E-state index in [2.05, 4.69) is 20.6 Å². The van der Waals surface area contributed by atoms with Crippen molar-refractivity contribution < 1.29 is 8.42 Å². The lowest BCUT2D eigenvalue weighted by atomic mass is 9.95. The van der Waals surface area contributed by atoms with Crippen molar-refractivity contribution in [3.63, 3.8) is 0 Å². The molecule has 1 fully saturated rings. The largest absolute Gasteiger partial charge is 0.261 e. The molecule has 0 spiro atoms. The third-order valence-electron chi connectivity index (χ3n) is 4.62. The van der Waals surface area contributed by atoms with E-state index in [1.165, 1.54) is 0 Å². The van der Waals surface area contributed by atoms with E-state index in [4.69, 9.17) is 0 Å². The van der Waals surface area contributed by atoms with Gasteiger partial charge in [-0.15, -0.1) is 0 Å². The maximum absolute atomic E-state index is 12.8. The number of hydrogen-bond acceptors (Lipinski definition) is 5. The van der Waals surface area contributed by atoms with E-state index in [0.717, 1.165) is 11.3 Å². The van der Waals surface area contributed by atoms with Crippen LogP contribution in [0, 0.1) is 0 Å². The summed E-state index contributed by atoms with van der Waals surface area (Å²) >= 11 is 0. The van der Waals surface area contributed by atoms with E-state index in [-0.39, 0.29) is 24.5 Å². The summed E-state index contributed by atoms with van der Waals surface area (Å²) in [5.74, 6) is -0.134. The van der Waals surface area contributed by atoms with Gasteiger partial charge >= 0.3 is 0 Å². The molecular weight excluding hydrogens is 336 g/mol. The topological polar surface area (TPSA) is 83.1 Å². The van der Waals surface area contributed by atoms with Crippen molar-refractivity contribution in [2.24, 2.45) is 0 Å². The van der Waals surface area contributed by atoms with Crippen molar-refractivity contribution in [3.05, 3.63) is 66.0 Å². The van der Waals surface area contributed by atoms with Crippen LogP contribution in [0.15, 0.2) is 54.7 Å². The third kappa shape index (κ3) is 4.07. The Morgan fingerprint density at radius 2 is 1.68 bits per heavy atom. The van der Waals surface area contributed by atoms with Crippen molar-refractivity contribution in [1.29, 1.82) is 0 Å². The van der Waals surface area contributed by atoms with Gasteiger partial charge in [-0.2, -0.15) is 0 Å². The summed E-state index contributed by atoms with van der Waals surface area (Å²) in [4.78, 5) is 4.42. The van der Waals surface area contributed by atoms with Crippen LogP contribution in [0.3, 0.4) is 0 Å². The summed E-state index contributed by atoms with van der Waals surface area (Å²) in [6.07, 6.45) is 1.73. The molecule has 1 saturated heterocycles. The lowest BCUT2D eigenvalue weighted by Gasteiger charge is -2.22. The van der Waals surface area contributed by atoms with Gasteiger partial charge in [-0.25, -0.2) is 13.1 Å². The van der Waals surface area contributed by atoms with Gasteiger partial charge in [0.15, 0.2) is 0 Å². The van der Waals surface area contributed by atoms with Crippen molar-refractivity contribution in [3.8, 4) is 0 Å². The number of nitrogens with one attached hydrogen (secondary N) is 3. The first-order valence-corrected chi connectivity index (χ1v) is 9.99. The molecule has 1 aliphatic heterocycles. The van der Waals surface area contributed by atoms with Gasteiger partial charge in [-0.1, -0.05) is 36.4 Å². The SMILES string of the molecule is CC1NNC(C)C1S(=O)(=O)NCC(c1ccccc1)c1ccccn1. The molecule has 0 radical (unpaired) electrons. The molecule has 134 valence electrons. The molecule has 1 aromatic heterocycles. The molecule has 3 N–H and O–H groups in total. The zero-order valence-corrected chi connectivity index (χ0v) is 15.2. The van der Waals surface area contributed by atoms with Crippen LogP contribution in [0.5, 0.6) is 0 Å². The van der Waals surface area contributed by atoms with Gasteiger partial charge in [-0.05, 0) is 31.5 Å². The molecule has 3 rings (SSSR count). The number of sulfonamides is 1. The Morgan fingerprint density at radius 1 is 1.04 bits per heavy atom. The first-order chi connectivity index (χ1) is 12.0. The van der Waals surface area contributed by atoms with Crippen LogP contribution in [0.25, 0.3) is 0 Å². The van der Waals surface area contributed by atoms with Crippen LogP contribution in [-0.4, -0.2) is 37.3 Å². The Hall–Kier alpha value is -1.80. The van der Waals surface area contributed by atoms with E-state index < -0.39 is 15.3 Å². The molecule has 3 atom stereocenters. The highest BCUT2D eigenvalue weighted by Crippen LogP contribution is 2.23. The number of pyridine rings is 1. The standard InChI is InChI=1S/C18H24N4O2S/c1-13-18(14(2)22-21-13)25(23,24)20-12-16(15-8-4-3-5-9-15)17-10-6-7-11-19-17/h3-11,13-14,16,18,20-22H,12H2,1-2H3. The van der Waals surface area contributed by atoms with E-state index in [0.29, 0.717) is 0 Å². The second kappa shape index (κ2) is 7.61. The van der Waals surface area contributed by atoms with Gasteiger partial charge in [-0.3, -0.25) is 15.8 Å². The number of nitrogens with zero attached hydrogens (tertiary/aromatic N) is 1. The fourth-order valence-electron chi connectivity index (χ4n) is 3.35. The lowest BCUT2D eigenvalue weighted by Crippen LogP contribution is -2.45. The zero-order valence-electron chi connectivity index (χ0n) is 14.4. The molecule has 0 amide bonds. The van der Waals surface area contributed by atoms with E-state index in [9.17, 15) is 8.42 Å². The number of aromatic nitrogens is 1. The van der Waals surface area contributed by atoms with Gasteiger partial charge in [0.25, 0.3) is 0 Å². The number of rotatable bonds is 6. The smallest absolute Gasteiger partial charge is 0.217 e. The molecule has 3 unspecified atom stereocenters. The van der Waals surface area contributed by atoms with Crippen LogP contribution >= 0.6 is 0 Å². The van der Waals surface area contributed by atoms with Crippen LogP contribution in [0.2, 0.25) is 0 Å². The van der Waals surface area contributed by atoms with Gasteiger partial charge in [0.2, 0.25) is 10.0 Å². The Labute approximate surface area is 149 Å². The molecule has 2 aromatic rings. The van der Waals surface area contributed by atoms with Gasteiger partial charge in [0, 0.05) is 36.4 Å². The predicted molar refractivity (Wildman–Crippen MR) is 98.4 cm³/mol. The second-order valence-electron chi connectivity index (χ2n) is 6.44. The highest BCUT2D eigenvalue weighted by atomic mass is 32.2. The summed E-state index contributed by atoms with van der Waals surface area (Å²) in [6, 6.07) is 15.2. The minimum atomic E-state index is -3.47. The fraction of sp³-hybridized carbons (Fsp3) is 0.389. The predicted octanol–water partition coefficient (Wildman–Crippen LogP) is 1.39. The first kappa shape index (κ1) is 18.0. The molecule has 1 aliphatic rings. The maximum atomic E-state index is 12.8. The summed E-state index contributed by atoms with van der Waals surface area (Å²) in [7, 11) is -3.47. The summed E-state index contributed by atoms with van der Waals surface area (Å²) in [6.45, 7) is 4.01. The normalized spacial score (nSPS) is 25.0. The van der Waals surface area contributed by atoms with Crippen LogP contribution in [0.4, 0.5) is 0 Å². The summed E-state index contributed by atoms with van der Waals surface area (Å²) in [5.41, 5.74) is 7.87. The first-order valence-electron chi connectivity index (χ1n) is 8.44. The summed E-state index contributed by atoms with van der Waals surface area (Å²) < 4.78 is 28.4. The Bertz CT molecular complexity index is 734. The van der Waals surface area contributed by atoms with Crippen LogP contribution < -0.4 is 15.6 Å². The average molecular weight is 360 g/mol. The minimum Gasteiger partial charge on any atom is -0.261 e. The van der Waals surface area contributed by atoms with Crippen LogP contribution in [-0.2, 0) is 10.0 Å². The highest BCUT2D eigenvalue weighted by molar-refractivity contribution is 7.90. The Balaban J connectivity index is 1.82. The van der Waals surface area contributed by atoms with Crippen LogP contribution in [0.1, 0.15) is 31.0 Å². The lowest BCUT2D eigenvalue weighted by molar-refractivity contribution is 0.541. The molecule has 7 heteroatoms. The van der Waals surface area contributed by atoms with Crippen molar-refractivity contribution in [1.82, 2.24) is 20.6 Å². The molecule has 1 aromatic carbocycles. The maximum Gasteiger partial charge on any atom is 0.217 e. The quantitative estimate of drug-likeness (QED) is 0.725. The Kier molecular flexibility index (Phi) is 5.48. The molecule has 2 heterocycles. The zero-order chi connectivity index (χ0) is 17.9. The molecular formula is C18H24N4O2S. The molecule has 6 nitrogen and oxygen atoms in total. The number of hydrogen-bond donors (Lipinski definition) is 3. The number of hydrazine groups is 1. The van der Waals surface area contributed by atoms with Gasteiger partial charge < -0.3 is 0 Å². The Morgan fingerprint density at radius 3 is 2.28 bits per heavy atom. The second-order valence-corrected chi connectivity index (χ2v) is 8.37. The number of benzene rings is 1. The monoisotopic (exact) mass is 360 g/mol. The van der Waals surface area contributed by atoms with E-state index in [1.807, 2.05) is 62.4 Å².